The van der Waals surface area contributed by atoms with Gasteiger partial charge in [0.25, 0.3) is 0 Å². The van der Waals surface area contributed by atoms with Crippen LogP contribution in [0.3, 0.4) is 0 Å². The van der Waals surface area contributed by atoms with Crippen molar-refractivity contribution in [1.82, 2.24) is 9.13 Å². The van der Waals surface area contributed by atoms with Gasteiger partial charge in [0.15, 0.2) is 19.8 Å². The molecule has 7 unspecified atom stereocenters. The number of aromatic nitrogens is 3. The molecular formula is C116H106ClLiN3Si2+. The molecule has 13 aromatic carbocycles. The molecule has 0 N–H and O–H groups in total. The zero-order valence-electron chi connectivity index (χ0n) is 72.1. The molecule has 8 aliphatic carbocycles. The Bertz CT molecular complexity index is 6760. The van der Waals surface area contributed by atoms with E-state index in [4.69, 9.17) is 11.1 Å². The molecule has 8 aliphatic rings. The molecular weight excluding hydrogens is 1530 g/mol. The summed E-state index contributed by atoms with van der Waals surface area (Å²) in [4.78, 5) is 0. The van der Waals surface area contributed by atoms with Crippen LogP contribution in [0.5, 0.6) is 0 Å². The Kier molecular flexibility index (Phi) is 23.0. The van der Waals surface area contributed by atoms with E-state index in [9.17, 15) is 0 Å². The van der Waals surface area contributed by atoms with E-state index >= 15 is 0 Å². The summed E-state index contributed by atoms with van der Waals surface area (Å²) in [6.45, 7) is 16.8. The van der Waals surface area contributed by atoms with E-state index < -0.39 is 15.5 Å². The van der Waals surface area contributed by atoms with Crippen LogP contribution in [0, 0.1) is 17.8 Å². The molecule has 24 rings (SSSR count). The third-order valence-electron chi connectivity index (χ3n) is 27.0. The molecule has 1 saturated carbocycles. The van der Waals surface area contributed by atoms with E-state index in [1.165, 1.54) is 185 Å². The number of hydrogen-bond donors (Lipinski definition) is 0. The summed E-state index contributed by atoms with van der Waals surface area (Å²) in [5, 5.41) is 2.71. The fourth-order valence-corrected chi connectivity index (χ4v) is 29.8. The van der Waals surface area contributed by atoms with E-state index in [1.54, 1.807) is 5.57 Å². The van der Waals surface area contributed by atoms with Crippen molar-refractivity contribution in [2.75, 3.05) is 0 Å². The third-order valence-corrected chi connectivity index (χ3v) is 34.0. The smallest absolute Gasteiger partial charge is 1.00 e. The van der Waals surface area contributed by atoms with Crippen molar-refractivity contribution in [2.45, 2.75) is 103 Å². The second-order valence-corrected chi connectivity index (χ2v) is 46.9. The first-order valence-electron chi connectivity index (χ1n) is 43.5. The van der Waals surface area contributed by atoms with Crippen molar-refractivity contribution in [3.63, 3.8) is 0 Å². The number of fused-ring (bicyclic) bond motifs is 17. The van der Waals surface area contributed by atoms with Crippen molar-refractivity contribution >= 4 is 71.6 Å². The molecule has 7 heteroatoms. The minimum absolute atomic E-state index is 0. The van der Waals surface area contributed by atoms with Crippen LogP contribution < -0.4 is 23.4 Å². The number of nitrogens with zero attached hydrogens (tertiary/aromatic N) is 3. The van der Waals surface area contributed by atoms with Crippen LogP contribution in [0.2, 0.25) is 26.2 Å². The number of rotatable bonds is 9. The summed E-state index contributed by atoms with van der Waals surface area (Å²) in [6, 6.07) is 128. The Hall–Kier alpha value is -11.9. The Morgan fingerprint density at radius 1 is 0.423 bits per heavy atom. The van der Waals surface area contributed by atoms with Crippen LogP contribution in [0.25, 0.3) is 101 Å². The van der Waals surface area contributed by atoms with Crippen LogP contribution in [0.15, 0.2) is 399 Å². The number of benzene rings is 13. The summed E-state index contributed by atoms with van der Waals surface area (Å²) >= 11 is 7.12. The zero-order chi connectivity index (χ0) is 82.0. The van der Waals surface area contributed by atoms with E-state index in [-0.39, 0.29) is 33.8 Å². The molecule has 3 heterocycles. The monoisotopic (exact) mass is 1640 g/mol. The summed E-state index contributed by atoms with van der Waals surface area (Å²) in [5.41, 5.74) is 43.2. The molecule has 0 radical (unpaired) electrons. The largest absolute Gasteiger partial charge is 1.00 e. The maximum absolute atomic E-state index is 7.12. The van der Waals surface area contributed by atoms with Gasteiger partial charge >= 0.3 is 18.9 Å². The van der Waals surface area contributed by atoms with E-state index in [0.29, 0.717) is 16.6 Å². The summed E-state index contributed by atoms with van der Waals surface area (Å²) < 4.78 is 7.35. The maximum atomic E-state index is 7.12. The van der Waals surface area contributed by atoms with Crippen LogP contribution in [0.1, 0.15) is 138 Å². The van der Waals surface area contributed by atoms with Gasteiger partial charge in [0.1, 0.15) is 0 Å². The summed E-state index contributed by atoms with van der Waals surface area (Å²) in [6.07, 6.45) is 20.9. The molecule has 0 aliphatic heterocycles. The van der Waals surface area contributed by atoms with E-state index in [1.807, 2.05) is 0 Å². The van der Waals surface area contributed by atoms with Crippen LogP contribution in [-0.2, 0) is 12.8 Å². The van der Waals surface area contributed by atoms with Gasteiger partial charge in [-0.3, -0.25) is 0 Å². The molecule has 1 fully saturated rings. The van der Waals surface area contributed by atoms with E-state index in [2.05, 4.69) is 455 Å². The number of hydrogen-bond acceptors (Lipinski definition) is 0. The predicted octanol–water partition coefficient (Wildman–Crippen LogP) is 27.4. The van der Waals surface area contributed by atoms with Gasteiger partial charge in [-0.2, -0.15) is 15.6 Å². The standard InChI is InChI=1S/C39H33NSi.C23H21ClNSi.C21H15N.C16H18.C16H14.CH4.Li.H/c1-26-25-34-29(27-15-6-4-7-16-27)22-14-23-32(34)38(26)41(2,3)39-31-20-11-10-19-30(31)36-33-21-12-13-24-35(33)40(37(36)39)28-17-8-5-9-18-28;1-26(2,24)23-19-13-7-5-11-17(19)20-16-10-4-6-12-18(16)22(21(20)23)25-14-8-3-9-15-25;1-2-9-16(10-3-1)22-19-13-7-6-12-18(19)21-17-11-5-4-8-15(17)14-20(21)22;2*1-12-10-14-8-5-9-15(16(14)11-12)13-6-3-2-4-7-13;;;/h4-25,38-39H,1-3H3;3-15,22-23H,1-2H3;1-13H,14H2;2-9,12,14,16H,10-11H2,1H3;2-10H,11H2,1H3;1H4;;/q;+1;;;;;+1;-1. The van der Waals surface area contributed by atoms with Gasteiger partial charge in [-0.05, 0) is 187 Å². The van der Waals surface area contributed by atoms with Crippen molar-refractivity contribution in [1.29, 1.82) is 0 Å². The molecule has 123 heavy (non-hydrogen) atoms. The normalized spacial score (nSPS) is 18.3. The van der Waals surface area contributed by atoms with Crippen molar-refractivity contribution in [2.24, 2.45) is 17.8 Å². The van der Waals surface area contributed by atoms with Gasteiger partial charge in [0, 0.05) is 91.0 Å². The Morgan fingerprint density at radius 2 is 0.911 bits per heavy atom. The Balaban J connectivity index is 0.000000115. The number of allylic oxidation sites excluding steroid dienone is 7. The number of pyridine rings is 1. The fraction of sp³-hybridized carbons (Fsp3) is 0.164. The number of halogens is 1. The SMILES string of the molecule is C.CC1=Cc2c(-c3ccccc3)cccc2C1[Si](C)(C)C1c2ccccc2-c2c1n(-c1ccccc1)c1ccccc21.CC1=Cc2cccc(-c3ccccc3)c2C1.CC1CC2C=CC=C(c3ccccc3)C2C1.C[Si](C)(Cl)C1C2=C(c3ccccc3C2[n+]2ccccc2)c2ccccc21.[H-].[Li+].c1ccc(-n2c3c(c4ccccc42)-c2ccccc2C3)cc1. The zero-order valence-corrected chi connectivity index (χ0v) is 73.9. The molecule has 7 atom stereocenters. The van der Waals surface area contributed by atoms with E-state index in [0.717, 1.165) is 30.6 Å². The van der Waals surface area contributed by atoms with Gasteiger partial charge in [0.2, 0.25) is 6.04 Å². The number of para-hydroxylation sites is 4. The Labute approximate surface area is 747 Å². The van der Waals surface area contributed by atoms with Crippen LogP contribution in [-0.4, -0.2) is 24.6 Å². The van der Waals surface area contributed by atoms with Gasteiger partial charge in [-0.15, -0.1) is 0 Å². The molecule has 3 aromatic heterocycles. The minimum atomic E-state index is -2.09. The van der Waals surface area contributed by atoms with Crippen molar-refractivity contribution in [3.8, 4) is 55.9 Å². The summed E-state index contributed by atoms with van der Waals surface area (Å²) in [7, 11) is -4.07. The molecule has 0 spiro atoms. The molecule has 0 saturated heterocycles. The predicted molar refractivity (Wildman–Crippen MR) is 524 cm³/mol. The van der Waals surface area contributed by atoms with Gasteiger partial charge < -0.3 is 10.6 Å². The van der Waals surface area contributed by atoms with Crippen LogP contribution >= 0.6 is 11.1 Å². The average Bonchev–Trinajstić information content (AvgIpc) is 1.53. The molecule has 600 valence electrons. The molecule has 16 aromatic rings. The first-order chi connectivity index (χ1) is 59.2. The molecule has 0 bridgehead atoms. The van der Waals surface area contributed by atoms with Crippen molar-refractivity contribution in [3.05, 3.63) is 472 Å². The van der Waals surface area contributed by atoms with Crippen molar-refractivity contribution < 1.29 is 24.9 Å². The second-order valence-electron chi connectivity index (χ2n) is 35.5. The molecule has 3 nitrogen and oxygen atoms in total. The second kappa shape index (κ2) is 34.4. The molecule has 0 amide bonds. The fourth-order valence-electron chi connectivity index (χ4n) is 22.4. The Morgan fingerprint density at radius 3 is 1.56 bits per heavy atom. The quantitative estimate of drug-likeness (QED) is 0.0777. The third kappa shape index (κ3) is 14.9. The topological polar surface area (TPSA) is 13.7 Å². The van der Waals surface area contributed by atoms with Gasteiger partial charge in [-0.25, -0.2) is 0 Å². The van der Waals surface area contributed by atoms with Gasteiger partial charge in [0.05, 0.1) is 19.1 Å². The maximum Gasteiger partial charge on any atom is 1.00 e. The summed E-state index contributed by atoms with van der Waals surface area (Å²) in [5.74, 6) is 2.43. The van der Waals surface area contributed by atoms with Crippen LogP contribution in [0.4, 0.5) is 0 Å². The first kappa shape index (κ1) is 82.1. The minimum Gasteiger partial charge on any atom is -1.00 e. The van der Waals surface area contributed by atoms with Gasteiger partial charge in [-0.1, -0.05) is 385 Å². The average molecular weight is 1640 g/mol. The first-order valence-corrected chi connectivity index (χ1v) is 50.8.